The van der Waals surface area contributed by atoms with Crippen LogP contribution >= 0.6 is 0 Å². The van der Waals surface area contributed by atoms with Gasteiger partial charge in [-0.05, 0) is 86.3 Å². The number of likely N-dealkylation sites (tertiary alicyclic amines) is 1. The summed E-state index contributed by atoms with van der Waals surface area (Å²) in [4.78, 5) is 20.6. The highest BCUT2D eigenvalue weighted by Crippen LogP contribution is 2.37. The number of carbonyl (C=O) groups is 1. The minimum atomic E-state index is -0.446. The number of benzene rings is 2. The molecule has 0 aliphatic carbocycles. The maximum atomic E-state index is 13.9. The molecule has 2 aliphatic heterocycles. The molecule has 4 nitrogen and oxygen atoms in total. The first-order chi connectivity index (χ1) is 16.6. The molecule has 0 bridgehead atoms. The zero-order valence-corrected chi connectivity index (χ0v) is 19.7. The van der Waals surface area contributed by atoms with E-state index in [0.29, 0.717) is 25.6 Å². The number of carbonyl (C=O) groups excluding carboxylic acids is 1. The lowest BCUT2D eigenvalue weighted by Gasteiger charge is -2.40. The zero-order valence-electron chi connectivity index (χ0n) is 19.7. The van der Waals surface area contributed by atoms with Crippen LogP contribution in [0.1, 0.15) is 43.2 Å². The molecule has 0 saturated carbocycles. The quantitative estimate of drug-likeness (QED) is 0.499. The fraction of sp³-hybridized carbons (Fsp3) is 0.448. The largest absolute Gasteiger partial charge is 0.381 e. The Labute approximate surface area is 201 Å². The number of para-hydroxylation sites is 1. The fourth-order valence-electron chi connectivity index (χ4n) is 5.69. The number of hydrogen-bond acceptors (Lipinski definition) is 3. The third-order valence-corrected chi connectivity index (χ3v) is 7.67. The molecule has 3 heterocycles. The van der Waals surface area contributed by atoms with Gasteiger partial charge in [0.25, 0.3) is 0 Å². The first-order valence-corrected chi connectivity index (χ1v) is 12.6. The van der Waals surface area contributed by atoms with E-state index in [1.54, 1.807) is 0 Å². The van der Waals surface area contributed by atoms with Crippen molar-refractivity contribution >= 4 is 16.8 Å². The highest BCUT2D eigenvalue weighted by Gasteiger charge is 2.42. The number of hydrogen-bond donors (Lipinski definition) is 0. The van der Waals surface area contributed by atoms with Gasteiger partial charge in [-0.3, -0.25) is 9.78 Å². The number of halogens is 1. The second-order valence-electron chi connectivity index (χ2n) is 10.0. The second-order valence-corrected chi connectivity index (χ2v) is 10.0. The average molecular weight is 461 g/mol. The molecule has 2 aliphatic rings. The van der Waals surface area contributed by atoms with E-state index in [-0.39, 0.29) is 11.7 Å². The van der Waals surface area contributed by atoms with Crippen molar-refractivity contribution in [3.63, 3.8) is 0 Å². The van der Waals surface area contributed by atoms with Gasteiger partial charge in [-0.25, -0.2) is 4.39 Å². The number of nitrogens with zero attached hydrogens (tertiary/aromatic N) is 2. The van der Waals surface area contributed by atoms with E-state index in [1.165, 1.54) is 23.1 Å². The minimum Gasteiger partial charge on any atom is -0.381 e. The van der Waals surface area contributed by atoms with E-state index in [0.717, 1.165) is 62.7 Å². The number of rotatable bonds is 5. The number of amides is 1. The van der Waals surface area contributed by atoms with Crippen molar-refractivity contribution in [2.45, 2.75) is 44.9 Å². The van der Waals surface area contributed by atoms with Crippen molar-refractivity contribution in [2.24, 2.45) is 11.3 Å². The maximum Gasteiger partial charge on any atom is 0.229 e. The van der Waals surface area contributed by atoms with Gasteiger partial charge in [0.15, 0.2) is 0 Å². The van der Waals surface area contributed by atoms with Crippen LogP contribution in [0.3, 0.4) is 0 Å². The third-order valence-electron chi connectivity index (χ3n) is 7.67. The Morgan fingerprint density at radius 2 is 1.82 bits per heavy atom. The molecular weight excluding hydrogens is 427 g/mol. The lowest BCUT2D eigenvalue weighted by molar-refractivity contribution is -0.148. The number of fused-ring (bicyclic) bond motifs is 1. The maximum absolute atomic E-state index is 13.9. The van der Waals surface area contributed by atoms with Gasteiger partial charge in [0, 0.05) is 37.9 Å². The first kappa shape index (κ1) is 23.0. The molecule has 1 amide bonds. The number of ether oxygens (including phenoxy) is 1. The molecule has 2 saturated heterocycles. The molecule has 3 aromatic rings. The molecule has 5 rings (SSSR count). The van der Waals surface area contributed by atoms with Gasteiger partial charge in [-0.15, -0.1) is 0 Å². The van der Waals surface area contributed by atoms with Crippen LogP contribution in [0.5, 0.6) is 0 Å². The van der Waals surface area contributed by atoms with Crippen molar-refractivity contribution in [3.05, 3.63) is 77.7 Å². The van der Waals surface area contributed by atoms with Crippen molar-refractivity contribution in [2.75, 3.05) is 26.3 Å². The molecule has 0 spiro atoms. The van der Waals surface area contributed by atoms with Crippen molar-refractivity contribution in [1.82, 2.24) is 9.88 Å². The van der Waals surface area contributed by atoms with Gasteiger partial charge in [-0.1, -0.05) is 30.3 Å². The van der Waals surface area contributed by atoms with E-state index in [2.05, 4.69) is 28.1 Å². The van der Waals surface area contributed by atoms with E-state index >= 15 is 0 Å². The van der Waals surface area contributed by atoms with Gasteiger partial charge < -0.3 is 9.64 Å². The molecular formula is C29H33FN2O2. The monoisotopic (exact) mass is 460 g/mol. The van der Waals surface area contributed by atoms with Crippen LogP contribution in [-0.2, 0) is 22.4 Å². The van der Waals surface area contributed by atoms with Crippen molar-refractivity contribution in [1.29, 1.82) is 0 Å². The average Bonchev–Trinajstić information content (AvgIpc) is 3.11. The number of aromatic nitrogens is 1. The van der Waals surface area contributed by atoms with Crippen LogP contribution in [0, 0.1) is 17.2 Å². The molecule has 178 valence electrons. The van der Waals surface area contributed by atoms with E-state index in [4.69, 9.17) is 4.74 Å². The Balaban J connectivity index is 1.26. The van der Waals surface area contributed by atoms with Crippen LogP contribution in [0.25, 0.3) is 10.9 Å². The summed E-state index contributed by atoms with van der Waals surface area (Å²) in [5.41, 5.74) is 2.89. The predicted octanol–water partition coefficient (Wildman–Crippen LogP) is 5.58. The summed E-state index contributed by atoms with van der Waals surface area (Å²) < 4.78 is 19.0. The summed E-state index contributed by atoms with van der Waals surface area (Å²) in [5.74, 6) is 0.577. The Morgan fingerprint density at radius 1 is 1.03 bits per heavy atom. The molecule has 34 heavy (non-hydrogen) atoms. The topological polar surface area (TPSA) is 42.4 Å². The minimum absolute atomic E-state index is 0.240. The molecule has 5 heteroatoms. The lowest BCUT2D eigenvalue weighted by atomic mass is 9.74. The predicted molar refractivity (Wildman–Crippen MR) is 132 cm³/mol. The summed E-state index contributed by atoms with van der Waals surface area (Å²) in [7, 11) is 0. The van der Waals surface area contributed by atoms with Crippen molar-refractivity contribution < 1.29 is 13.9 Å². The van der Waals surface area contributed by atoms with E-state index in [9.17, 15) is 9.18 Å². The van der Waals surface area contributed by atoms with Crippen LogP contribution < -0.4 is 0 Å². The Morgan fingerprint density at radius 3 is 2.65 bits per heavy atom. The Bertz CT molecular complexity index is 1120. The lowest BCUT2D eigenvalue weighted by Crippen LogP contribution is -2.48. The fourth-order valence-corrected chi connectivity index (χ4v) is 5.69. The normalized spacial score (nSPS) is 20.7. The molecule has 2 fully saturated rings. The summed E-state index contributed by atoms with van der Waals surface area (Å²) in [6.45, 7) is 2.84. The molecule has 0 radical (unpaired) electrons. The van der Waals surface area contributed by atoms with Crippen LogP contribution in [0.4, 0.5) is 4.39 Å². The standard InChI is InChI=1S/C29H33FN2O2/c30-26-9-7-23(8-10-26)20-29(12-16-34-17-13-29)28(33)32-14-3-4-22(11-15-32)18-24-19-25-5-1-2-6-27(25)31-21-24/h1-2,5-10,19,21-22H,3-4,11-18,20H2. The van der Waals surface area contributed by atoms with Crippen molar-refractivity contribution in [3.8, 4) is 0 Å². The van der Waals surface area contributed by atoms with Gasteiger partial charge in [-0.2, -0.15) is 0 Å². The van der Waals surface area contributed by atoms with Crippen LogP contribution in [-0.4, -0.2) is 42.1 Å². The third kappa shape index (κ3) is 5.15. The van der Waals surface area contributed by atoms with E-state index < -0.39 is 5.41 Å². The summed E-state index contributed by atoms with van der Waals surface area (Å²) in [5, 5.41) is 1.19. The van der Waals surface area contributed by atoms with Gasteiger partial charge in [0.1, 0.15) is 5.82 Å². The highest BCUT2D eigenvalue weighted by atomic mass is 19.1. The second kappa shape index (κ2) is 10.2. The first-order valence-electron chi connectivity index (χ1n) is 12.6. The molecule has 1 unspecified atom stereocenters. The SMILES string of the molecule is O=C(N1CCCC(Cc2cnc3ccccc3c2)CC1)C1(Cc2ccc(F)cc2)CCOCC1. The Kier molecular flexibility index (Phi) is 6.91. The van der Waals surface area contributed by atoms with Crippen LogP contribution in [0.15, 0.2) is 60.8 Å². The smallest absolute Gasteiger partial charge is 0.229 e. The summed E-state index contributed by atoms with van der Waals surface area (Å²) in [6, 6.07) is 17.1. The zero-order chi connectivity index (χ0) is 23.4. The summed E-state index contributed by atoms with van der Waals surface area (Å²) >= 11 is 0. The van der Waals surface area contributed by atoms with Gasteiger partial charge >= 0.3 is 0 Å². The summed E-state index contributed by atoms with van der Waals surface area (Å²) in [6.07, 6.45) is 8.30. The molecule has 1 atom stereocenters. The molecule has 0 N–H and O–H groups in total. The Hall–Kier alpha value is -2.79. The highest BCUT2D eigenvalue weighted by molar-refractivity contribution is 5.83. The molecule has 2 aromatic carbocycles. The number of pyridine rings is 1. The van der Waals surface area contributed by atoms with Gasteiger partial charge in [0.2, 0.25) is 5.91 Å². The van der Waals surface area contributed by atoms with Gasteiger partial charge in [0.05, 0.1) is 10.9 Å². The van der Waals surface area contributed by atoms with E-state index in [1.807, 2.05) is 30.5 Å². The molecule has 1 aromatic heterocycles. The van der Waals surface area contributed by atoms with Crippen LogP contribution in [0.2, 0.25) is 0 Å².